The van der Waals surface area contributed by atoms with Crippen molar-refractivity contribution in [1.82, 2.24) is 4.98 Å². The van der Waals surface area contributed by atoms with Gasteiger partial charge in [0.2, 0.25) is 0 Å². The molecule has 3 heterocycles. The fourth-order valence-electron chi connectivity index (χ4n) is 3.51. The monoisotopic (exact) mass is 388 g/mol. The van der Waals surface area contributed by atoms with Crippen LogP contribution >= 0.6 is 22.7 Å². The number of rotatable bonds is 4. The summed E-state index contributed by atoms with van der Waals surface area (Å²) in [6.45, 7) is 3.24. The maximum Gasteiger partial charge on any atom is 0.252 e. The Labute approximate surface area is 160 Å². The first-order valence-electron chi connectivity index (χ1n) is 8.80. The Kier molecular flexibility index (Phi) is 5.02. The van der Waals surface area contributed by atoms with Crippen LogP contribution in [-0.4, -0.2) is 23.8 Å². The van der Waals surface area contributed by atoms with Crippen LogP contribution in [0.1, 0.15) is 41.8 Å². The Hall–Kier alpha value is -1.83. The quantitative estimate of drug-likeness (QED) is 0.795. The lowest BCUT2D eigenvalue weighted by molar-refractivity contribution is -0.113. The lowest BCUT2D eigenvalue weighted by Gasteiger charge is -2.16. The molecular weight excluding hydrogens is 368 g/mol. The third-order valence-corrected chi connectivity index (χ3v) is 6.91. The number of thiophene rings is 1. The highest BCUT2D eigenvalue weighted by molar-refractivity contribution is 7.18. The Bertz CT molecular complexity index is 895. The van der Waals surface area contributed by atoms with Crippen LogP contribution < -0.4 is 5.32 Å². The van der Waals surface area contributed by atoms with E-state index in [2.05, 4.69) is 10.3 Å². The number of allylic oxidation sites excluding steroid dienone is 1. The van der Waals surface area contributed by atoms with Gasteiger partial charge in [0.1, 0.15) is 16.3 Å². The molecule has 0 aromatic carbocycles. The standard InChI is InChI=1S/C19H20N2O3S2/c1-11-10-25-18(20-11)16-14-6-7-24-9-15(14)26-19(16)21-17(23)13-5-3-2-4-12(13)8-22/h8,10H,2-7,9H2,1H3,(H,21,23). The summed E-state index contributed by atoms with van der Waals surface area (Å²) in [4.78, 5) is 30.0. The zero-order valence-electron chi connectivity index (χ0n) is 14.6. The van der Waals surface area contributed by atoms with Gasteiger partial charge in [-0.25, -0.2) is 4.98 Å². The summed E-state index contributed by atoms with van der Waals surface area (Å²) in [5.41, 5.74) is 4.52. The second-order valence-corrected chi connectivity index (χ2v) is 8.55. The molecule has 136 valence electrons. The lowest BCUT2D eigenvalue weighted by Crippen LogP contribution is -2.18. The molecule has 7 heteroatoms. The minimum Gasteiger partial charge on any atom is -0.376 e. The Morgan fingerprint density at radius 3 is 2.92 bits per heavy atom. The van der Waals surface area contributed by atoms with Crippen molar-refractivity contribution in [3.63, 3.8) is 0 Å². The Morgan fingerprint density at radius 2 is 2.15 bits per heavy atom. The first-order chi connectivity index (χ1) is 12.7. The zero-order valence-corrected chi connectivity index (χ0v) is 16.2. The number of anilines is 1. The van der Waals surface area contributed by atoms with Gasteiger partial charge >= 0.3 is 0 Å². The van der Waals surface area contributed by atoms with E-state index in [9.17, 15) is 9.59 Å². The molecule has 0 unspecified atom stereocenters. The highest BCUT2D eigenvalue weighted by Gasteiger charge is 2.26. The average Bonchev–Trinajstić information content (AvgIpc) is 3.24. The van der Waals surface area contributed by atoms with Crippen molar-refractivity contribution in [1.29, 1.82) is 0 Å². The van der Waals surface area contributed by atoms with Gasteiger partial charge in [-0.2, -0.15) is 0 Å². The van der Waals surface area contributed by atoms with Gasteiger partial charge < -0.3 is 10.1 Å². The number of hydrogen-bond donors (Lipinski definition) is 1. The van der Waals surface area contributed by atoms with E-state index in [1.54, 1.807) is 22.7 Å². The molecule has 2 aromatic heterocycles. The molecule has 0 fully saturated rings. The van der Waals surface area contributed by atoms with E-state index < -0.39 is 0 Å². The molecule has 2 aromatic rings. The number of hydrogen-bond acceptors (Lipinski definition) is 6. The van der Waals surface area contributed by atoms with E-state index in [1.807, 2.05) is 12.3 Å². The first-order valence-corrected chi connectivity index (χ1v) is 10.5. The molecule has 1 amide bonds. The molecule has 4 rings (SSSR count). The third-order valence-electron chi connectivity index (χ3n) is 4.81. The van der Waals surface area contributed by atoms with E-state index in [-0.39, 0.29) is 5.91 Å². The molecule has 0 saturated carbocycles. The molecule has 0 atom stereocenters. The predicted molar refractivity (Wildman–Crippen MR) is 104 cm³/mol. The number of aromatic nitrogens is 1. The first kappa shape index (κ1) is 17.6. The lowest BCUT2D eigenvalue weighted by atomic mass is 9.92. The van der Waals surface area contributed by atoms with Crippen molar-refractivity contribution in [3.05, 3.63) is 32.7 Å². The van der Waals surface area contributed by atoms with Crippen LogP contribution in [0.2, 0.25) is 0 Å². The van der Waals surface area contributed by atoms with E-state index in [4.69, 9.17) is 4.74 Å². The molecule has 5 nitrogen and oxygen atoms in total. The number of thiazole rings is 1. The van der Waals surface area contributed by atoms with Crippen molar-refractivity contribution in [2.24, 2.45) is 0 Å². The SMILES string of the molecule is Cc1csc(-c2c(NC(=O)C3=C(C=O)CCCC3)sc3c2CCOC3)n1. The largest absolute Gasteiger partial charge is 0.376 e. The summed E-state index contributed by atoms with van der Waals surface area (Å²) < 4.78 is 5.59. The summed E-state index contributed by atoms with van der Waals surface area (Å²) in [7, 11) is 0. The topological polar surface area (TPSA) is 68.3 Å². The van der Waals surface area contributed by atoms with Gasteiger partial charge in [0.25, 0.3) is 5.91 Å². The van der Waals surface area contributed by atoms with Crippen LogP contribution in [-0.2, 0) is 27.4 Å². The number of aldehydes is 1. The number of nitrogens with one attached hydrogen (secondary N) is 1. The van der Waals surface area contributed by atoms with Crippen LogP contribution in [0.4, 0.5) is 5.00 Å². The van der Waals surface area contributed by atoms with Crippen LogP contribution in [0.15, 0.2) is 16.5 Å². The van der Waals surface area contributed by atoms with Crippen molar-refractivity contribution in [2.75, 3.05) is 11.9 Å². The Morgan fingerprint density at radius 1 is 1.31 bits per heavy atom. The van der Waals surface area contributed by atoms with Crippen molar-refractivity contribution in [3.8, 4) is 10.6 Å². The van der Waals surface area contributed by atoms with Crippen LogP contribution in [0.3, 0.4) is 0 Å². The maximum absolute atomic E-state index is 12.9. The molecule has 1 aliphatic heterocycles. The molecule has 0 saturated heterocycles. The fourth-order valence-corrected chi connectivity index (χ4v) is 5.63. The highest BCUT2D eigenvalue weighted by Crippen LogP contribution is 2.44. The smallest absolute Gasteiger partial charge is 0.252 e. The van der Waals surface area contributed by atoms with Gasteiger partial charge in [-0.05, 0) is 44.6 Å². The third kappa shape index (κ3) is 3.26. The molecule has 0 spiro atoms. The summed E-state index contributed by atoms with van der Waals surface area (Å²) in [5, 5.41) is 6.87. The number of carbonyl (C=O) groups is 2. The number of amides is 1. The van der Waals surface area contributed by atoms with Crippen molar-refractivity contribution < 1.29 is 14.3 Å². The number of nitrogens with zero attached hydrogens (tertiary/aromatic N) is 1. The summed E-state index contributed by atoms with van der Waals surface area (Å²) in [6, 6.07) is 0. The predicted octanol–water partition coefficient (Wildman–Crippen LogP) is 4.26. The van der Waals surface area contributed by atoms with Crippen LogP contribution in [0.25, 0.3) is 10.6 Å². The summed E-state index contributed by atoms with van der Waals surface area (Å²) in [5.74, 6) is -0.152. The molecule has 0 bridgehead atoms. The number of ether oxygens (including phenoxy) is 1. The van der Waals surface area contributed by atoms with E-state index in [1.165, 1.54) is 5.56 Å². The molecule has 0 radical (unpaired) electrons. The maximum atomic E-state index is 12.9. The normalized spacial score (nSPS) is 17.1. The number of fused-ring (bicyclic) bond motifs is 1. The molecule has 26 heavy (non-hydrogen) atoms. The highest BCUT2D eigenvalue weighted by atomic mass is 32.1. The number of aryl methyl sites for hydroxylation is 1. The molecular formula is C19H20N2O3S2. The fraction of sp³-hybridized carbons (Fsp3) is 0.421. The minimum absolute atomic E-state index is 0.152. The average molecular weight is 389 g/mol. The van der Waals surface area contributed by atoms with E-state index in [0.717, 1.165) is 51.7 Å². The molecule has 2 aliphatic rings. The van der Waals surface area contributed by atoms with Gasteiger partial charge in [-0.1, -0.05) is 0 Å². The minimum atomic E-state index is -0.152. The molecule has 1 N–H and O–H groups in total. The van der Waals surface area contributed by atoms with E-state index in [0.29, 0.717) is 37.2 Å². The van der Waals surface area contributed by atoms with Gasteiger partial charge in [0.05, 0.1) is 13.2 Å². The second-order valence-electron chi connectivity index (χ2n) is 6.59. The van der Waals surface area contributed by atoms with E-state index >= 15 is 0 Å². The van der Waals surface area contributed by atoms with Gasteiger partial charge in [-0.3, -0.25) is 9.59 Å². The van der Waals surface area contributed by atoms with Crippen molar-refractivity contribution in [2.45, 2.75) is 45.6 Å². The number of carbonyl (C=O) groups excluding carboxylic acids is 2. The van der Waals surface area contributed by atoms with Gasteiger partial charge in [0, 0.05) is 32.7 Å². The summed E-state index contributed by atoms with van der Waals surface area (Å²) in [6.07, 6.45) is 4.95. The summed E-state index contributed by atoms with van der Waals surface area (Å²) >= 11 is 3.16. The second kappa shape index (κ2) is 7.42. The zero-order chi connectivity index (χ0) is 18.1. The van der Waals surface area contributed by atoms with Gasteiger partial charge in [0.15, 0.2) is 0 Å². The van der Waals surface area contributed by atoms with Crippen molar-refractivity contribution >= 4 is 39.9 Å². The molecule has 1 aliphatic carbocycles. The Balaban J connectivity index is 1.72. The van der Waals surface area contributed by atoms with Gasteiger partial charge in [-0.15, -0.1) is 22.7 Å². The van der Waals surface area contributed by atoms with Crippen LogP contribution in [0, 0.1) is 6.92 Å². The van der Waals surface area contributed by atoms with Crippen LogP contribution in [0.5, 0.6) is 0 Å².